The lowest BCUT2D eigenvalue weighted by Crippen LogP contribution is -1.96. The molecule has 1 aromatic heterocycles. The van der Waals surface area contributed by atoms with Gasteiger partial charge in [-0.25, -0.2) is 13.2 Å². The van der Waals surface area contributed by atoms with Crippen LogP contribution >= 0.6 is 0 Å². The number of hydrogen-bond donors (Lipinski definition) is 0. The second-order valence-electron chi connectivity index (χ2n) is 5.50. The van der Waals surface area contributed by atoms with Crippen molar-refractivity contribution in [1.82, 2.24) is 0 Å². The monoisotopic (exact) mass is 342 g/mol. The van der Waals surface area contributed by atoms with Crippen LogP contribution in [-0.4, -0.2) is 0 Å². The maximum absolute atomic E-state index is 14.5. The molecule has 1 heterocycles. The van der Waals surface area contributed by atoms with Crippen molar-refractivity contribution in [3.05, 3.63) is 83.9 Å². The van der Waals surface area contributed by atoms with Gasteiger partial charge in [0.25, 0.3) is 0 Å². The number of furan rings is 1. The molecular formula is C20H10F4O. The van der Waals surface area contributed by atoms with Crippen molar-refractivity contribution in [3.8, 4) is 22.5 Å². The highest BCUT2D eigenvalue weighted by Crippen LogP contribution is 2.43. The third kappa shape index (κ3) is 2.31. The Kier molecular flexibility index (Phi) is 3.57. The zero-order chi connectivity index (χ0) is 17.6. The average molecular weight is 342 g/mol. The molecule has 0 spiro atoms. The summed E-state index contributed by atoms with van der Waals surface area (Å²) >= 11 is 0. The molecule has 124 valence electrons. The molecule has 0 saturated carbocycles. The van der Waals surface area contributed by atoms with Gasteiger partial charge in [-0.05, 0) is 5.56 Å². The average Bonchev–Trinajstić information content (AvgIpc) is 3.07. The highest BCUT2D eigenvalue weighted by atomic mass is 19.2. The molecule has 0 aliphatic heterocycles. The van der Waals surface area contributed by atoms with E-state index in [1.807, 2.05) is 0 Å². The maximum Gasteiger partial charge on any atom is 0.205 e. The molecule has 3 aromatic carbocycles. The molecule has 0 fully saturated rings. The van der Waals surface area contributed by atoms with E-state index < -0.39 is 34.2 Å². The second-order valence-corrected chi connectivity index (χ2v) is 5.50. The highest BCUT2D eigenvalue weighted by molar-refractivity contribution is 6.02. The number of benzene rings is 3. The lowest BCUT2D eigenvalue weighted by molar-refractivity contribution is 0.411. The summed E-state index contributed by atoms with van der Waals surface area (Å²) in [6.45, 7) is 0. The van der Waals surface area contributed by atoms with E-state index in [0.29, 0.717) is 11.1 Å². The van der Waals surface area contributed by atoms with Crippen LogP contribution in [0.3, 0.4) is 0 Å². The van der Waals surface area contributed by atoms with Crippen LogP contribution in [0.4, 0.5) is 17.6 Å². The summed E-state index contributed by atoms with van der Waals surface area (Å²) in [6.07, 6.45) is 0. The van der Waals surface area contributed by atoms with E-state index in [2.05, 4.69) is 0 Å². The van der Waals surface area contributed by atoms with Gasteiger partial charge in [-0.3, -0.25) is 0 Å². The summed E-state index contributed by atoms with van der Waals surface area (Å²) in [5.74, 6) is -6.63. The third-order valence-electron chi connectivity index (χ3n) is 4.00. The second kappa shape index (κ2) is 5.77. The first-order chi connectivity index (χ1) is 12.1. The van der Waals surface area contributed by atoms with Crippen molar-refractivity contribution in [2.75, 3.05) is 0 Å². The van der Waals surface area contributed by atoms with Crippen LogP contribution in [0.15, 0.2) is 65.1 Å². The first kappa shape index (κ1) is 15.4. The predicted octanol–water partition coefficient (Wildman–Crippen LogP) is 6.32. The molecule has 4 rings (SSSR count). The van der Waals surface area contributed by atoms with E-state index in [1.165, 1.54) is 0 Å². The van der Waals surface area contributed by atoms with Crippen LogP contribution in [0.1, 0.15) is 0 Å². The molecule has 0 bridgehead atoms. The van der Waals surface area contributed by atoms with Gasteiger partial charge in [-0.15, -0.1) is 0 Å². The summed E-state index contributed by atoms with van der Waals surface area (Å²) in [4.78, 5) is 0. The fourth-order valence-electron chi connectivity index (χ4n) is 2.87. The van der Waals surface area contributed by atoms with Gasteiger partial charge < -0.3 is 4.42 Å². The molecule has 0 atom stereocenters. The lowest BCUT2D eigenvalue weighted by atomic mass is 9.98. The number of rotatable bonds is 2. The smallest absolute Gasteiger partial charge is 0.205 e. The van der Waals surface area contributed by atoms with Crippen molar-refractivity contribution in [2.45, 2.75) is 0 Å². The Hall–Kier alpha value is -3.08. The number of fused-ring (bicyclic) bond motifs is 1. The molecule has 4 aromatic rings. The van der Waals surface area contributed by atoms with E-state index in [4.69, 9.17) is 4.42 Å². The fourth-order valence-corrected chi connectivity index (χ4v) is 2.87. The standard InChI is InChI=1S/C20H10F4O/c21-15-14-13(11-7-3-1-4-8-11)19(12-9-5-2-6-10-12)25-20(14)18(24)17(23)16(15)22/h1-10H. The lowest BCUT2D eigenvalue weighted by Gasteiger charge is -2.04. The minimum Gasteiger partial charge on any atom is -0.452 e. The Morgan fingerprint density at radius 2 is 1.08 bits per heavy atom. The Morgan fingerprint density at radius 3 is 1.68 bits per heavy atom. The maximum atomic E-state index is 14.5. The summed E-state index contributed by atoms with van der Waals surface area (Å²) in [7, 11) is 0. The van der Waals surface area contributed by atoms with Crippen LogP contribution in [0.2, 0.25) is 0 Å². The molecule has 0 unspecified atom stereocenters. The molecule has 25 heavy (non-hydrogen) atoms. The molecule has 0 N–H and O–H groups in total. The van der Waals surface area contributed by atoms with Crippen LogP contribution in [0.5, 0.6) is 0 Å². The van der Waals surface area contributed by atoms with Gasteiger partial charge in [-0.2, -0.15) is 4.39 Å². The van der Waals surface area contributed by atoms with Gasteiger partial charge in [-0.1, -0.05) is 60.7 Å². The first-order valence-electron chi connectivity index (χ1n) is 7.49. The van der Waals surface area contributed by atoms with E-state index in [0.717, 1.165) is 0 Å². The molecule has 0 aliphatic rings. The van der Waals surface area contributed by atoms with E-state index >= 15 is 0 Å². The summed E-state index contributed by atoms with van der Waals surface area (Å²) in [5.41, 5.74) is 0.577. The normalized spacial score (nSPS) is 11.2. The van der Waals surface area contributed by atoms with Crippen molar-refractivity contribution in [2.24, 2.45) is 0 Å². The predicted molar refractivity (Wildman–Crippen MR) is 86.9 cm³/mol. The highest BCUT2D eigenvalue weighted by Gasteiger charge is 2.29. The number of halogens is 4. The Morgan fingerprint density at radius 1 is 0.560 bits per heavy atom. The van der Waals surface area contributed by atoms with E-state index in [-0.39, 0.29) is 11.3 Å². The van der Waals surface area contributed by atoms with Gasteiger partial charge in [0.15, 0.2) is 17.2 Å². The molecule has 0 amide bonds. The zero-order valence-corrected chi connectivity index (χ0v) is 12.7. The van der Waals surface area contributed by atoms with Crippen LogP contribution in [-0.2, 0) is 0 Å². The zero-order valence-electron chi connectivity index (χ0n) is 12.7. The molecule has 0 aliphatic carbocycles. The van der Waals surface area contributed by atoms with Gasteiger partial charge in [0.1, 0.15) is 5.76 Å². The van der Waals surface area contributed by atoms with Gasteiger partial charge >= 0.3 is 0 Å². The van der Waals surface area contributed by atoms with Crippen molar-refractivity contribution < 1.29 is 22.0 Å². The molecular weight excluding hydrogens is 332 g/mol. The van der Waals surface area contributed by atoms with Crippen LogP contribution in [0, 0.1) is 23.3 Å². The van der Waals surface area contributed by atoms with E-state index in [1.54, 1.807) is 60.7 Å². The Balaban J connectivity index is 2.19. The van der Waals surface area contributed by atoms with Crippen molar-refractivity contribution >= 4 is 11.0 Å². The molecule has 5 heteroatoms. The van der Waals surface area contributed by atoms with Gasteiger partial charge in [0.2, 0.25) is 11.6 Å². The van der Waals surface area contributed by atoms with Crippen molar-refractivity contribution in [1.29, 1.82) is 0 Å². The van der Waals surface area contributed by atoms with E-state index in [9.17, 15) is 17.6 Å². The van der Waals surface area contributed by atoms with Gasteiger partial charge in [0, 0.05) is 11.1 Å². The summed E-state index contributed by atoms with van der Waals surface area (Å²) < 4.78 is 61.5. The summed E-state index contributed by atoms with van der Waals surface area (Å²) in [5, 5.41) is -0.415. The quantitative estimate of drug-likeness (QED) is 0.236. The summed E-state index contributed by atoms with van der Waals surface area (Å²) in [6, 6.07) is 17.1. The third-order valence-corrected chi connectivity index (χ3v) is 4.00. The van der Waals surface area contributed by atoms with Crippen LogP contribution < -0.4 is 0 Å². The van der Waals surface area contributed by atoms with Crippen LogP contribution in [0.25, 0.3) is 33.4 Å². The Bertz CT molecular complexity index is 1070. The topological polar surface area (TPSA) is 13.1 Å². The minimum absolute atomic E-state index is 0.143. The van der Waals surface area contributed by atoms with Crippen molar-refractivity contribution in [3.63, 3.8) is 0 Å². The fraction of sp³-hybridized carbons (Fsp3) is 0. The molecule has 1 nitrogen and oxygen atoms in total. The Labute approximate surface area is 140 Å². The van der Waals surface area contributed by atoms with Gasteiger partial charge in [0.05, 0.1) is 5.39 Å². The largest absolute Gasteiger partial charge is 0.452 e. The molecule has 0 saturated heterocycles. The SMILES string of the molecule is Fc1c(F)c(F)c2c(-c3ccccc3)c(-c3ccccc3)oc2c1F. The first-order valence-corrected chi connectivity index (χ1v) is 7.49. The minimum atomic E-state index is -1.89. The molecule has 0 radical (unpaired) electrons. The number of hydrogen-bond acceptors (Lipinski definition) is 1.